The van der Waals surface area contributed by atoms with Crippen LogP contribution in [-0.2, 0) is 0 Å². The topological polar surface area (TPSA) is 41.6 Å². The molecule has 1 heterocycles. The first-order valence-electron chi connectivity index (χ1n) is 5.54. The molecule has 0 saturated heterocycles. The van der Waals surface area contributed by atoms with Gasteiger partial charge in [0.25, 0.3) is 0 Å². The third-order valence-electron chi connectivity index (χ3n) is 2.91. The molecule has 0 saturated carbocycles. The summed E-state index contributed by atoms with van der Waals surface area (Å²) in [5.74, 6) is 0.110. The van der Waals surface area contributed by atoms with Crippen LogP contribution < -0.4 is 5.73 Å². The van der Waals surface area contributed by atoms with Crippen molar-refractivity contribution in [3.63, 3.8) is 0 Å². The first-order chi connectivity index (χ1) is 8.00. The van der Waals surface area contributed by atoms with Crippen LogP contribution >= 0.6 is 11.6 Å². The number of halogens is 2. The molecule has 1 aromatic carbocycles. The second-order valence-corrected chi connectivity index (χ2v) is 4.80. The second-order valence-electron chi connectivity index (χ2n) is 4.39. The number of rotatable bonds is 2. The van der Waals surface area contributed by atoms with E-state index in [0.29, 0.717) is 12.5 Å². The molecule has 3 nitrogen and oxygen atoms in total. The first kappa shape index (κ1) is 12.2. The molecule has 1 aliphatic rings. The highest BCUT2D eigenvalue weighted by molar-refractivity contribution is 6.30. The molecule has 0 aliphatic carbocycles. The summed E-state index contributed by atoms with van der Waals surface area (Å²) >= 11 is 5.67. The van der Waals surface area contributed by atoms with Crippen LogP contribution in [0.5, 0.6) is 0 Å². The Kier molecular flexibility index (Phi) is 3.24. The van der Waals surface area contributed by atoms with Crippen molar-refractivity contribution in [3.05, 3.63) is 34.6 Å². The van der Waals surface area contributed by atoms with Crippen molar-refractivity contribution < 1.29 is 4.39 Å². The zero-order valence-corrected chi connectivity index (χ0v) is 10.6. The van der Waals surface area contributed by atoms with E-state index in [0.717, 1.165) is 5.56 Å². The predicted octanol–water partition coefficient (Wildman–Crippen LogP) is 2.56. The van der Waals surface area contributed by atoms with Gasteiger partial charge in [0.1, 0.15) is 5.82 Å². The van der Waals surface area contributed by atoms with E-state index < -0.39 is 5.82 Å². The molecule has 92 valence electrons. The summed E-state index contributed by atoms with van der Waals surface area (Å²) in [5.41, 5.74) is 6.68. The fourth-order valence-corrected chi connectivity index (χ4v) is 2.24. The highest BCUT2D eigenvalue weighted by Crippen LogP contribution is 2.29. The van der Waals surface area contributed by atoms with E-state index in [1.54, 1.807) is 6.07 Å². The van der Waals surface area contributed by atoms with Gasteiger partial charge in [-0.25, -0.2) is 4.39 Å². The van der Waals surface area contributed by atoms with Gasteiger partial charge in [-0.05, 0) is 31.5 Å². The first-order valence-corrected chi connectivity index (χ1v) is 5.91. The van der Waals surface area contributed by atoms with Crippen LogP contribution in [0.15, 0.2) is 23.2 Å². The highest BCUT2D eigenvalue weighted by atomic mass is 35.5. The van der Waals surface area contributed by atoms with Crippen LogP contribution in [0.2, 0.25) is 5.02 Å². The number of hydrogen-bond donors (Lipinski definition) is 1. The van der Waals surface area contributed by atoms with Gasteiger partial charge >= 0.3 is 0 Å². The molecule has 1 aliphatic heterocycles. The predicted molar refractivity (Wildman–Crippen MR) is 67.6 cm³/mol. The maximum atomic E-state index is 13.4. The van der Waals surface area contributed by atoms with E-state index in [4.69, 9.17) is 17.3 Å². The lowest BCUT2D eigenvalue weighted by Gasteiger charge is -2.30. The Morgan fingerprint density at radius 2 is 2.24 bits per heavy atom. The lowest BCUT2D eigenvalue weighted by molar-refractivity contribution is 0.289. The summed E-state index contributed by atoms with van der Waals surface area (Å²) in [6.07, 6.45) is 0. The van der Waals surface area contributed by atoms with Crippen LogP contribution in [0.4, 0.5) is 4.39 Å². The van der Waals surface area contributed by atoms with E-state index in [1.165, 1.54) is 6.07 Å². The third-order valence-corrected chi connectivity index (χ3v) is 3.22. The zero-order valence-electron chi connectivity index (χ0n) is 9.82. The van der Waals surface area contributed by atoms with Gasteiger partial charge in [-0.15, -0.1) is 0 Å². The molecule has 5 heteroatoms. The van der Waals surface area contributed by atoms with Gasteiger partial charge in [-0.2, -0.15) is 0 Å². The minimum atomic E-state index is -0.404. The Bertz CT molecular complexity index is 459. The van der Waals surface area contributed by atoms with Crippen LogP contribution in [0.1, 0.15) is 25.5 Å². The Morgan fingerprint density at radius 1 is 1.53 bits per heavy atom. The monoisotopic (exact) mass is 255 g/mol. The van der Waals surface area contributed by atoms with Crippen molar-refractivity contribution in [1.82, 2.24) is 4.90 Å². The molecule has 0 spiro atoms. The molecular weight excluding hydrogens is 241 g/mol. The van der Waals surface area contributed by atoms with Gasteiger partial charge in [0.05, 0.1) is 17.6 Å². The van der Waals surface area contributed by atoms with Gasteiger partial charge in [-0.1, -0.05) is 17.7 Å². The van der Waals surface area contributed by atoms with E-state index >= 15 is 0 Å². The second kappa shape index (κ2) is 4.53. The summed E-state index contributed by atoms with van der Waals surface area (Å²) in [7, 11) is 0. The lowest BCUT2D eigenvalue weighted by Crippen LogP contribution is -2.40. The van der Waals surface area contributed by atoms with Crippen LogP contribution in [0.25, 0.3) is 0 Å². The molecule has 0 aromatic heterocycles. The third kappa shape index (κ3) is 2.22. The normalized spacial score (nSPS) is 19.9. The van der Waals surface area contributed by atoms with E-state index in [1.807, 2.05) is 24.8 Å². The molecular formula is C12H15ClFN3. The summed E-state index contributed by atoms with van der Waals surface area (Å²) in [6.45, 7) is 4.63. The maximum Gasteiger partial charge on any atom is 0.192 e. The largest absolute Gasteiger partial charge is 0.370 e. The molecule has 2 rings (SSSR count). The molecule has 0 radical (unpaired) electrons. The Hall–Kier alpha value is -1.29. The Morgan fingerprint density at radius 3 is 2.82 bits per heavy atom. The quantitative estimate of drug-likeness (QED) is 0.883. The average molecular weight is 256 g/mol. The molecule has 1 aromatic rings. The Balaban J connectivity index is 2.31. The maximum absolute atomic E-state index is 13.4. The average Bonchev–Trinajstić information content (AvgIpc) is 2.64. The zero-order chi connectivity index (χ0) is 12.6. The molecule has 0 fully saturated rings. The van der Waals surface area contributed by atoms with Gasteiger partial charge in [-0.3, -0.25) is 4.99 Å². The highest BCUT2D eigenvalue weighted by Gasteiger charge is 2.29. The lowest BCUT2D eigenvalue weighted by atomic mass is 10.1. The SMILES string of the molecule is CC(C)N1C(N)=NCC1c1ccc(Cl)c(F)c1. The minimum Gasteiger partial charge on any atom is -0.370 e. The number of guanidine groups is 1. The minimum absolute atomic E-state index is 0.00164. The van der Waals surface area contributed by atoms with Crippen molar-refractivity contribution in [1.29, 1.82) is 0 Å². The molecule has 0 amide bonds. The van der Waals surface area contributed by atoms with Gasteiger partial charge in [0.2, 0.25) is 0 Å². The summed E-state index contributed by atoms with van der Waals surface area (Å²) in [6, 6.07) is 5.07. The van der Waals surface area contributed by atoms with Gasteiger partial charge in [0.15, 0.2) is 5.96 Å². The van der Waals surface area contributed by atoms with Crippen molar-refractivity contribution in [3.8, 4) is 0 Å². The van der Waals surface area contributed by atoms with E-state index in [-0.39, 0.29) is 17.1 Å². The van der Waals surface area contributed by atoms with Crippen molar-refractivity contribution >= 4 is 17.6 Å². The molecule has 1 atom stereocenters. The molecule has 1 unspecified atom stereocenters. The van der Waals surface area contributed by atoms with Gasteiger partial charge in [0, 0.05) is 6.04 Å². The van der Waals surface area contributed by atoms with E-state index in [9.17, 15) is 4.39 Å². The van der Waals surface area contributed by atoms with Crippen molar-refractivity contribution in [2.45, 2.75) is 25.9 Å². The van der Waals surface area contributed by atoms with Crippen LogP contribution in [0, 0.1) is 5.82 Å². The van der Waals surface area contributed by atoms with Crippen molar-refractivity contribution in [2.24, 2.45) is 10.7 Å². The number of hydrogen-bond acceptors (Lipinski definition) is 3. The smallest absolute Gasteiger partial charge is 0.192 e. The van der Waals surface area contributed by atoms with Crippen molar-refractivity contribution in [2.75, 3.05) is 6.54 Å². The fourth-order valence-electron chi connectivity index (χ4n) is 2.12. The standard InChI is InChI=1S/C12H15ClFN3/c1-7(2)17-11(6-16-12(17)15)8-3-4-9(13)10(14)5-8/h3-5,7,11H,6H2,1-2H3,(H2,15,16). The molecule has 17 heavy (non-hydrogen) atoms. The summed E-state index contributed by atoms with van der Waals surface area (Å²) < 4.78 is 13.4. The van der Waals surface area contributed by atoms with Crippen LogP contribution in [0.3, 0.4) is 0 Å². The summed E-state index contributed by atoms with van der Waals surface area (Å²) in [4.78, 5) is 6.20. The van der Waals surface area contributed by atoms with Gasteiger partial charge < -0.3 is 10.6 Å². The number of nitrogens with zero attached hydrogens (tertiary/aromatic N) is 2. The van der Waals surface area contributed by atoms with E-state index in [2.05, 4.69) is 4.99 Å². The number of benzene rings is 1. The Labute approximate surface area is 105 Å². The number of aliphatic imine (C=N–C) groups is 1. The summed E-state index contributed by atoms with van der Waals surface area (Å²) in [5, 5.41) is 0.136. The van der Waals surface area contributed by atoms with Crippen LogP contribution in [-0.4, -0.2) is 23.4 Å². The molecule has 0 bridgehead atoms. The number of nitrogens with two attached hydrogens (primary N) is 1. The fraction of sp³-hybridized carbons (Fsp3) is 0.417. The molecule has 2 N–H and O–H groups in total.